The maximum atomic E-state index is 15.4. The molecule has 0 spiro atoms. The van der Waals surface area contributed by atoms with Crippen LogP contribution in [-0.4, -0.2) is 35.3 Å². The third-order valence-corrected chi connectivity index (χ3v) is 5.20. The Kier molecular flexibility index (Phi) is 5.19. The molecule has 1 aliphatic heterocycles. The summed E-state index contributed by atoms with van der Waals surface area (Å²) in [6.45, 7) is 4.80. The van der Waals surface area contributed by atoms with Crippen molar-refractivity contribution in [3.8, 4) is 0 Å². The first-order valence-electron chi connectivity index (χ1n) is 9.01. The molecule has 146 valence electrons. The molecule has 0 aliphatic carbocycles. The summed E-state index contributed by atoms with van der Waals surface area (Å²) < 4.78 is 31.3. The Morgan fingerprint density at radius 3 is 2.44 bits per heavy atom. The van der Waals surface area contributed by atoms with Gasteiger partial charge in [-0.3, -0.25) is 4.79 Å². The molecule has 0 unspecified atom stereocenters. The summed E-state index contributed by atoms with van der Waals surface area (Å²) in [5, 5.41) is 9.31. The number of piperidine rings is 1. The minimum atomic E-state index is -1.43. The molecule has 1 fully saturated rings. The number of aromatic carboxylic acids is 1. The van der Waals surface area contributed by atoms with Gasteiger partial charge in [0, 0.05) is 24.5 Å². The van der Waals surface area contributed by atoms with E-state index >= 15 is 4.39 Å². The van der Waals surface area contributed by atoms with E-state index in [1.165, 1.54) is 0 Å². The third kappa shape index (κ3) is 3.29. The molecule has 0 atom stereocenters. The van der Waals surface area contributed by atoms with E-state index in [1.54, 1.807) is 18.7 Å². The lowest BCUT2D eigenvalue weighted by atomic mass is 9.96. The monoisotopic (exact) mass is 379 g/mol. The number of fused-ring (bicyclic) bond motifs is 1. The van der Waals surface area contributed by atoms with Crippen molar-refractivity contribution >= 4 is 22.6 Å². The van der Waals surface area contributed by atoms with E-state index in [9.17, 15) is 19.1 Å². The molecule has 8 heteroatoms. The highest BCUT2D eigenvalue weighted by molar-refractivity contribution is 5.94. The lowest BCUT2D eigenvalue weighted by molar-refractivity contribution is 0.0694. The second-order valence-electron chi connectivity index (χ2n) is 7.26. The van der Waals surface area contributed by atoms with Crippen molar-refractivity contribution in [3.63, 3.8) is 0 Å². The van der Waals surface area contributed by atoms with Crippen molar-refractivity contribution in [1.29, 1.82) is 0 Å². The topological polar surface area (TPSA) is 88.6 Å². The Balaban J connectivity index is 2.24. The van der Waals surface area contributed by atoms with E-state index in [4.69, 9.17) is 5.73 Å². The van der Waals surface area contributed by atoms with Gasteiger partial charge in [-0.05, 0) is 51.3 Å². The molecule has 0 saturated carbocycles. The van der Waals surface area contributed by atoms with Crippen molar-refractivity contribution in [2.75, 3.05) is 24.5 Å². The van der Waals surface area contributed by atoms with Crippen LogP contribution in [0.25, 0.3) is 10.9 Å². The van der Waals surface area contributed by atoms with Crippen LogP contribution in [0.2, 0.25) is 0 Å². The van der Waals surface area contributed by atoms with Crippen LogP contribution in [0.3, 0.4) is 0 Å². The molecule has 3 N–H and O–H groups in total. The standard InChI is InChI=1S/C19H23F2N3O3/c1-10(2)24-16-12(7-13(18(24)25)19(26)27)8-14(20)17(15(16)21)23-5-3-11(9-22)4-6-23/h7-8,10-11H,3-6,9,22H2,1-2H3,(H,26,27). The molecule has 1 saturated heterocycles. The number of nitrogens with two attached hydrogens (primary N) is 1. The second kappa shape index (κ2) is 7.26. The minimum Gasteiger partial charge on any atom is -0.477 e. The van der Waals surface area contributed by atoms with E-state index in [0.29, 0.717) is 25.6 Å². The minimum absolute atomic E-state index is 0.0521. The SMILES string of the molecule is CC(C)n1c(=O)c(C(=O)O)cc2cc(F)c(N3CCC(CN)CC3)c(F)c21. The smallest absolute Gasteiger partial charge is 0.341 e. The molecule has 1 aromatic carbocycles. The van der Waals surface area contributed by atoms with Crippen LogP contribution in [0.15, 0.2) is 16.9 Å². The number of anilines is 1. The molecule has 2 heterocycles. The first-order chi connectivity index (χ1) is 12.8. The van der Waals surface area contributed by atoms with Gasteiger partial charge < -0.3 is 20.3 Å². The molecule has 2 aromatic rings. The van der Waals surface area contributed by atoms with E-state index in [0.717, 1.165) is 29.5 Å². The summed E-state index contributed by atoms with van der Waals surface area (Å²) in [5.41, 5.74) is 4.12. The fourth-order valence-corrected chi connectivity index (χ4v) is 3.75. The first-order valence-corrected chi connectivity index (χ1v) is 9.01. The molecule has 27 heavy (non-hydrogen) atoms. The van der Waals surface area contributed by atoms with Crippen LogP contribution >= 0.6 is 0 Å². The van der Waals surface area contributed by atoms with Gasteiger partial charge in [-0.2, -0.15) is 0 Å². The number of rotatable bonds is 4. The van der Waals surface area contributed by atoms with Crippen LogP contribution < -0.4 is 16.2 Å². The highest BCUT2D eigenvalue weighted by Gasteiger charge is 2.27. The molecule has 6 nitrogen and oxygen atoms in total. The van der Waals surface area contributed by atoms with Gasteiger partial charge in [0.05, 0.1) is 5.52 Å². The van der Waals surface area contributed by atoms with E-state index in [-0.39, 0.29) is 16.6 Å². The zero-order valence-electron chi connectivity index (χ0n) is 15.3. The Hall–Kier alpha value is -2.48. The molecular weight excluding hydrogens is 356 g/mol. The number of benzene rings is 1. The highest BCUT2D eigenvalue weighted by atomic mass is 19.1. The number of aromatic nitrogens is 1. The van der Waals surface area contributed by atoms with Gasteiger partial charge in [-0.15, -0.1) is 0 Å². The van der Waals surface area contributed by atoms with Gasteiger partial charge in [0.25, 0.3) is 5.56 Å². The van der Waals surface area contributed by atoms with Crippen molar-refractivity contribution in [2.45, 2.75) is 32.7 Å². The predicted octanol–water partition coefficient (Wildman–Crippen LogP) is 2.73. The second-order valence-corrected chi connectivity index (χ2v) is 7.26. The summed E-state index contributed by atoms with van der Waals surface area (Å²) in [4.78, 5) is 25.6. The molecule has 3 rings (SSSR count). The highest BCUT2D eigenvalue weighted by Crippen LogP contribution is 2.33. The Bertz CT molecular complexity index is 948. The van der Waals surface area contributed by atoms with Crippen molar-refractivity contribution in [3.05, 3.63) is 39.7 Å². The molecule has 1 aromatic heterocycles. The van der Waals surface area contributed by atoms with E-state index in [2.05, 4.69) is 0 Å². The van der Waals surface area contributed by atoms with Crippen LogP contribution in [0, 0.1) is 17.6 Å². The molecular formula is C19H23F2N3O3. The number of carboxylic acid groups (broad SMARTS) is 1. The summed E-state index contributed by atoms with van der Waals surface area (Å²) in [6, 6.07) is 1.65. The van der Waals surface area contributed by atoms with E-state index in [1.807, 2.05) is 0 Å². The number of nitrogens with zero attached hydrogens (tertiary/aromatic N) is 2. The average molecular weight is 379 g/mol. The van der Waals surface area contributed by atoms with Crippen molar-refractivity contribution < 1.29 is 18.7 Å². The summed E-state index contributed by atoms with van der Waals surface area (Å²) in [6.07, 6.45) is 1.48. The van der Waals surface area contributed by atoms with Crippen LogP contribution in [0.4, 0.5) is 14.5 Å². The maximum absolute atomic E-state index is 15.4. The summed E-state index contributed by atoms with van der Waals surface area (Å²) in [7, 11) is 0. The predicted molar refractivity (Wildman–Crippen MR) is 99.5 cm³/mol. The van der Waals surface area contributed by atoms with Crippen LogP contribution in [0.5, 0.6) is 0 Å². The van der Waals surface area contributed by atoms with Gasteiger partial charge in [-0.1, -0.05) is 0 Å². The molecule has 0 bridgehead atoms. The number of hydrogen-bond acceptors (Lipinski definition) is 4. The van der Waals surface area contributed by atoms with Crippen molar-refractivity contribution in [1.82, 2.24) is 4.57 Å². The van der Waals surface area contributed by atoms with Crippen molar-refractivity contribution in [2.24, 2.45) is 11.7 Å². The van der Waals surface area contributed by atoms with Crippen LogP contribution in [-0.2, 0) is 0 Å². The first kappa shape index (κ1) is 19.3. The Morgan fingerprint density at radius 2 is 1.93 bits per heavy atom. The van der Waals surface area contributed by atoms with Gasteiger partial charge in [0.2, 0.25) is 0 Å². The number of pyridine rings is 1. The van der Waals surface area contributed by atoms with Crippen LogP contribution in [0.1, 0.15) is 43.1 Å². The fraction of sp³-hybridized carbons (Fsp3) is 0.474. The average Bonchev–Trinajstić information content (AvgIpc) is 2.61. The molecule has 0 radical (unpaired) electrons. The normalized spacial score (nSPS) is 15.7. The molecule has 0 amide bonds. The van der Waals surface area contributed by atoms with Gasteiger partial charge >= 0.3 is 5.97 Å². The summed E-state index contributed by atoms with van der Waals surface area (Å²) in [5.74, 6) is -2.69. The number of halogens is 2. The van der Waals surface area contributed by atoms with Gasteiger partial charge in [-0.25, -0.2) is 13.6 Å². The van der Waals surface area contributed by atoms with Gasteiger partial charge in [0.15, 0.2) is 5.82 Å². The van der Waals surface area contributed by atoms with E-state index < -0.39 is 34.8 Å². The fourth-order valence-electron chi connectivity index (χ4n) is 3.75. The maximum Gasteiger partial charge on any atom is 0.341 e. The quantitative estimate of drug-likeness (QED) is 0.853. The lowest BCUT2D eigenvalue weighted by Crippen LogP contribution is -2.37. The molecule has 1 aliphatic rings. The summed E-state index contributed by atoms with van der Waals surface area (Å²) >= 11 is 0. The number of carboxylic acids is 1. The lowest BCUT2D eigenvalue weighted by Gasteiger charge is -2.34. The zero-order valence-corrected chi connectivity index (χ0v) is 15.3. The largest absolute Gasteiger partial charge is 0.477 e. The third-order valence-electron chi connectivity index (χ3n) is 5.20. The zero-order chi connectivity index (χ0) is 19.9. The number of carbonyl (C=O) groups is 1. The number of hydrogen-bond donors (Lipinski definition) is 2. The Morgan fingerprint density at radius 1 is 1.30 bits per heavy atom. The Labute approximate surface area is 155 Å². The van der Waals surface area contributed by atoms with Gasteiger partial charge in [0.1, 0.15) is 17.1 Å².